The average molecular weight is 996 g/mol. The van der Waals surface area contributed by atoms with Gasteiger partial charge in [-0.05, 0) is 129 Å². The van der Waals surface area contributed by atoms with Gasteiger partial charge in [0.05, 0.1) is 28.4 Å². The van der Waals surface area contributed by atoms with E-state index in [1.165, 1.54) is 4.57 Å². The van der Waals surface area contributed by atoms with Crippen LogP contribution in [0.1, 0.15) is 80.1 Å². The first-order valence-electron chi connectivity index (χ1n) is 24.6. The summed E-state index contributed by atoms with van der Waals surface area (Å²) in [6.45, 7) is 14.8. The van der Waals surface area contributed by atoms with Crippen molar-refractivity contribution in [1.29, 1.82) is 0 Å². The number of fused-ring (bicyclic) bond motifs is 2. The van der Waals surface area contributed by atoms with E-state index >= 15 is 0 Å². The van der Waals surface area contributed by atoms with Gasteiger partial charge in [0.2, 0.25) is 5.91 Å². The van der Waals surface area contributed by atoms with E-state index in [0.29, 0.717) is 67.3 Å². The molecule has 1 atom stereocenters. The minimum atomic E-state index is -0.842. The second-order valence-electron chi connectivity index (χ2n) is 19.0. The number of esters is 2. The maximum atomic E-state index is 14.6. The summed E-state index contributed by atoms with van der Waals surface area (Å²) in [6, 6.07) is 26.7. The molecule has 3 fully saturated rings. The zero-order chi connectivity index (χ0) is 49.6. The number of para-hydroxylation sites is 1. The molecule has 3 amide bonds. The Balaban J connectivity index is 0.00000693. The molecule has 4 aromatic carbocycles. The number of halogens is 1. The van der Waals surface area contributed by atoms with Gasteiger partial charge in [0.25, 0.3) is 5.56 Å². The van der Waals surface area contributed by atoms with Crippen LogP contribution in [0.2, 0.25) is 0 Å². The molecule has 0 unspecified atom stereocenters. The highest BCUT2D eigenvalue weighted by Crippen LogP contribution is 2.29. The highest BCUT2D eigenvalue weighted by atomic mass is 35.5. The van der Waals surface area contributed by atoms with Crippen LogP contribution in [0.4, 0.5) is 4.79 Å². The SMILES string of the molecule is C=Cc1ccc(C(=O)OCn2ncc3cc(C[C@@H](NC(=O)N4CCC(c5cc6ccccc6n(COC(=O)c6ccc(C=C)cc6)c5=O)CC4)C(=O)N4CCN(C5CCN(C)CC5)CC4)cc(C)c32)cc1.Cl. The van der Waals surface area contributed by atoms with Crippen LogP contribution in [-0.2, 0) is 34.2 Å². The first kappa shape index (κ1) is 51.3. The zero-order valence-corrected chi connectivity index (χ0v) is 41.9. The van der Waals surface area contributed by atoms with Gasteiger partial charge in [-0.3, -0.25) is 19.1 Å². The minimum absolute atomic E-state index is 0. The third-order valence-electron chi connectivity index (χ3n) is 14.5. The molecule has 2 aromatic heterocycles. The Labute approximate surface area is 426 Å². The molecule has 0 spiro atoms. The van der Waals surface area contributed by atoms with Crippen LogP contribution >= 0.6 is 12.4 Å². The molecule has 16 heteroatoms. The number of piperazine rings is 1. The lowest BCUT2D eigenvalue weighted by Crippen LogP contribution is -2.59. The molecule has 6 aromatic rings. The van der Waals surface area contributed by atoms with Gasteiger partial charge in [0.15, 0.2) is 13.5 Å². The van der Waals surface area contributed by atoms with Crippen LogP contribution in [0.25, 0.3) is 34.0 Å². The highest BCUT2D eigenvalue weighted by molar-refractivity contribution is 5.91. The van der Waals surface area contributed by atoms with Crippen molar-refractivity contribution < 1.29 is 28.7 Å². The van der Waals surface area contributed by atoms with Gasteiger partial charge in [0.1, 0.15) is 6.04 Å². The monoisotopic (exact) mass is 994 g/mol. The summed E-state index contributed by atoms with van der Waals surface area (Å²) in [7, 11) is 2.16. The van der Waals surface area contributed by atoms with Crippen molar-refractivity contribution >= 4 is 70.2 Å². The highest BCUT2D eigenvalue weighted by Gasteiger charge is 2.34. The predicted molar refractivity (Wildman–Crippen MR) is 282 cm³/mol. The number of carbonyl (C=O) groups is 4. The Morgan fingerprint density at radius 3 is 1.97 bits per heavy atom. The van der Waals surface area contributed by atoms with E-state index in [1.807, 2.05) is 54.3 Å². The molecule has 0 radical (unpaired) electrons. The lowest BCUT2D eigenvalue weighted by atomic mass is 9.89. The Morgan fingerprint density at radius 1 is 0.736 bits per heavy atom. The largest absolute Gasteiger partial charge is 0.440 e. The summed E-state index contributed by atoms with van der Waals surface area (Å²) in [4.78, 5) is 77.6. The fourth-order valence-electron chi connectivity index (χ4n) is 10.4. The summed E-state index contributed by atoms with van der Waals surface area (Å²) in [6.07, 6.45) is 8.68. The van der Waals surface area contributed by atoms with E-state index in [0.717, 1.165) is 77.6 Å². The van der Waals surface area contributed by atoms with Crippen LogP contribution in [0, 0.1) is 6.92 Å². The molecule has 9 rings (SSSR count). The number of piperidine rings is 2. The molecule has 3 saturated heterocycles. The van der Waals surface area contributed by atoms with Gasteiger partial charge in [-0.15, -0.1) is 12.4 Å². The number of nitrogens with zero attached hydrogens (tertiary/aromatic N) is 7. The van der Waals surface area contributed by atoms with E-state index in [1.54, 1.807) is 76.5 Å². The number of likely N-dealkylation sites (tertiary alicyclic amines) is 2. The van der Waals surface area contributed by atoms with Crippen molar-refractivity contribution in [3.8, 4) is 0 Å². The number of ether oxygens (including phenoxy) is 2. The van der Waals surface area contributed by atoms with Crippen molar-refractivity contribution in [3.05, 3.63) is 160 Å². The topological polar surface area (TPSA) is 152 Å². The molecule has 72 heavy (non-hydrogen) atoms. The standard InChI is InChI=1S/C56H62N8O7.ClH/c1-5-39-11-15-43(16-12-39)54(67)70-36-63-50-10-8-7-9-45(50)34-48(52(63)65)42-19-25-62(26-20-42)56(69)58-49(53(66)61-29-27-60(28-30-61)47-21-23-59(4)24-22-47)33-41-31-38(3)51-46(32-41)35-57-64(51)37-71-55(68)44-17-13-40(6-2)14-18-44;/h5-18,31-32,34-35,42,47,49H,1-2,19-30,33,36-37H2,3-4H3,(H,58,69);1H/t49-;/m1./s1. The molecule has 3 aliphatic rings. The Morgan fingerprint density at radius 2 is 1.35 bits per heavy atom. The molecule has 1 N–H and O–H groups in total. The second kappa shape index (κ2) is 23.0. The van der Waals surface area contributed by atoms with Crippen molar-refractivity contribution in [2.24, 2.45) is 0 Å². The van der Waals surface area contributed by atoms with Crippen molar-refractivity contribution in [2.75, 3.05) is 59.4 Å². The van der Waals surface area contributed by atoms with Crippen molar-refractivity contribution in [3.63, 3.8) is 0 Å². The normalized spacial score (nSPS) is 16.5. The molecule has 15 nitrogen and oxygen atoms in total. The number of carbonyl (C=O) groups excluding carboxylic acids is 4. The summed E-state index contributed by atoms with van der Waals surface area (Å²) in [5.41, 5.74) is 6.15. The van der Waals surface area contributed by atoms with Gasteiger partial charge >= 0.3 is 18.0 Å². The number of rotatable bonds is 14. The number of aryl methyl sites for hydroxylation is 1. The van der Waals surface area contributed by atoms with E-state index in [9.17, 15) is 24.0 Å². The number of nitrogens with one attached hydrogen (secondary N) is 1. The van der Waals surface area contributed by atoms with Gasteiger partial charge < -0.3 is 29.5 Å². The molecular weight excluding hydrogens is 932 g/mol. The summed E-state index contributed by atoms with van der Waals surface area (Å²) >= 11 is 0. The maximum absolute atomic E-state index is 14.6. The third-order valence-corrected chi connectivity index (χ3v) is 14.5. The van der Waals surface area contributed by atoms with E-state index in [-0.39, 0.29) is 55.7 Å². The first-order chi connectivity index (χ1) is 34.5. The predicted octanol–water partition coefficient (Wildman–Crippen LogP) is 7.74. The van der Waals surface area contributed by atoms with Crippen LogP contribution in [-0.4, -0.2) is 129 Å². The number of urea groups is 1. The molecule has 376 valence electrons. The van der Waals surface area contributed by atoms with Crippen LogP contribution in [0.15, 0.2) is 115 Å². The van der Waals surface area contributed by atoms with Gasteiger partial charge in [0, 0.05) is 62.7 Å². The molecule has 0 saturated carbocycles. The third kappa shape index (κ3) is 11.5. The fraction of sp³-hybridized carbons (Fsp3) is 0.357. The molecule has 3 aliphatic heterocycles. The van der Waals surface area contributed by atoms with Crippen LogP contribution < -0.4 is 10.9 Å². The van der Waals surface area contributed by atoms with Gasteiger partial charge in [-0.25, -0.2) is 19.1 Å². The smallest absolute Gasteiger partial charge is 0.339 e. The van der Waals surface area contributed by atoms with Crippen molar-refractivity contribution in [1.82, 2.24) is 39.3 Å². The van der Waals surface area contributed by atoms with E-state index in [2.05, 4.69) is 40.4 Å². The molecule has 0 aliphatic carbocycles. The Hall–Kier alpha value is -7.07. The van der Waals surface area contributed by atoms with E-state index < -0.39 is 18.0 Å². The molecule has 5 heterocycles. The number of aromatic nitrogens is 3. The number of benzene rings is 4. The lowest BCUT2D eigenvalue weighted by Gasteiger charge is -2.43. The minimum Gasteiger partial charge on any atom is -0.440 e. The maximum Gasteiger partial charge on any atom is 0.339 e. The van der Waals surface area contributed by atoms with Crippen LogP contribution in [0.5, 0.6) is 0 Å². The summed E-state index contributed by atoms with van der Waals surface area (Å²) < 4.78 is 14.5. The number of hydrogen-bond acceptors (Lipinski definition) is 10. The molecule has 0 bridgehead atoms. The zero-order valence-electron chi connectivity index (χ0n) is 41.0. The average Bonchev–Trinajstić information content (AvgIpc) is 3.83. The van der Waals surface area contributed by atoms with Crippen molar-refractivity contribution in [2.45, 2.75) is 70.5 Å². The number of pyridine rings is 1. The van der Waals surface area contributed by atoms with E-state index in [4.69, 9.17) is 9.47 Å². The fourth-order valence-corrected chi connectivity index (χ4v) is 10.4. The summed E-state index contributed by atoms with van der Waals surface area (Å²) in [5, 5.41) is 9.37. The number of hydrogen-bond donors (Lipinski definition) is 1. The summed E-state index contributed by atoms with van der Waals surface area (Å²) in [5.74, 6) is -1.27. The number of amides is 3. The second-order valence-corrected chi connectivity index (χ2v) is 19.0. The Bertz CT molecular complexity index is 3000. The van der Waals surface area contributed by atoms with Gasteiger partial charge in [-0.2, -0.15) is 5.10 Å². The Kier molecular flexibility index (Phi) is 16.4. The quantitative estimate of drug-likeness (QED) is 0.107. The first-order valence-corrected chi connectivity index (χ1v) is 24.6. The van der Waals surface area contributed by atoms with Gasteiger partial charge in [-0.1, -0.05) is 73.8 Å². The lowest BCUT2D eigenvalue weighted by molar-refractivity contribution is -0.135. The molecular formula is C56H63ClN8O7. The van der Waals surface area contributed by atoms with Crippen LogP contribution in [0.3, 0.4) is 0 Å².